The van der Waals surface area contributed by atoms with Gasteiger partial charge in [-0.05, 0) is 28.4 Å². The Kier molecular flexibility index (Phi) is 5.65. The predicted octanol–water partition coefficient (Wildman–Crippen LogP) is 2.68. The van der Waals surface area contributed by atoms with Gasteiger partial charge < -0.3 is 15.3 Å². The summed E-state index contributed by atoms with van der Waals surface area (Å²) in [7, 11) is 1.35. The van der Waals surface area contributed by atoms with E-state index in [1.165, 1.54) is 25.2 Å². The highest BCUT2D eigenvalue weighted by Crippen LogP contribution is 2.27. The molecule has 1 atom stereocenters. The van der Waals surface area contributed by atoms with Crippen molar-refractivity contribution >= 4 is 39.3 Å². The minimum Gasteiger partial charge on any atom is -0.480 e. The van der Waals surface area contributed by atoms with E-state index in [-0.39, 0.29) is 17.8 Å². The molecule has 1 rings (SSSR count). The van der Waals surface area contributed by atoms with Crippen molar-refractivity contribution in [1.82, 2.24) is 4.90 Å². The highest BCUT2D eigenvalue weighted by Gasteiger charge is 2.25. The maximum atomic E-state index is 12.0. The lowest BCUT2D eigenvalue weighted by Crippen LogP contribution is -2.44. The molecule has 8 nitrogen and oxygen atoms in total. The Labute approximate surface area is 129 Å². The van der Waals surface area contributed by atoms with Crippen LogP contribution in [0, 0.1) is 10.1 Å². The van der Waals surface area contributed by atoms with Crippen molar-refractivity contribution in [1.29, 1.82) is 0 Å². The molecular weight excluding hydrogens is 346 g/mol. The average Bonchev–Trinajstić information content (AvgIpc) is 2.41. The Morgan fingerprint density at radius 3 is 2.62 bits per heavy atom. The number of hydrogen-bond donors (Lipinski definition) is 2. The van der Waals surface area contributed by atoms with E-state index < -0.39 is 23.0 Å². The molecule has 9 heteroatoms. The van der Waals surface area contributed by atoms with Crippen LogP contribution in [0.3, 0.4) is 0 Å². The molecule has 0 heterocycles. The van der Waals surface area contributed by atoms with E-state index in [1.54, 1.807) is 6.92 Å². The van der Waals surface area contributed by atoms with Gasteiger partial charge in [-0.25, -0.2) is 9.59 Å². The Bertz CT molecular complexity index is 578. The van der Waals surface area contributed by atoms with Crippen LogP contribution in [0.5, 0.6) is 0 Å². The Morgan fingerprint density at radius 1 is 1.52 bits per heavy atom. The van der Waals surface area contributed by atoms with Crippen LogP contribution in [0.4, 0.5) is 16.2 Å². The fourth-order valence-electron chi connectivity index (χ4n) is 1.68. The second kappa shape index (κ2) is 7.02. The smallest absolute Gasteiger partial charge is 0.326 e. The fraction of sp³-hybridized carbons (Fsp3) is 0.333. The quantitative estimate of drug-likeness (QED) is 0.619. The van der Waals surface area contributed by atoms with E-state index in [1.807, 2.05) is 0 Å². The summed E-state index contributed by atoms with van der Waals surface area (Å²) in [5.41, 5.74) is 0.0164. The van der Waals surface area contributed by atoms with E-state index >= 15 is 0 Å². The number of carbonyl (C=O) groups is 2. The maximum Gasteiger partial charge on any atom is 0.326 e. The Morgan fingerprint density at radius 2 is 2.14 bits per heavy atom. The highest BCUT2D eigenvalue weighted by atomic mass is 79.9. The van der Waals surface area contributed by atoms with Crippen LogP contribution in [-0.4, -0.2) is 40.0 Å². The molecule has 1 unspecified atom stereocenters. The lowest BCUT2D eigenvalue weighted by atomic mass is 10.2. The number of carbonyl (C=O) groups excluding carboxylic acids is 1. The molecule has 0 aliphatic heterocycles. The molecule has 114 valence electrons. The molecule has 0 bridgehead atoms. The zero-order chi connectivity index (χ0) is 16.2. The lowest BCUT2D eigenvalue weighted by Gasteiger charge is -2.24. The number of likely N-dealkylation sites (N-methyl/N-ethyl adjacent to an activating group) is 1. The third-order valence-electron chi connectivity index (χ3n) is 2.86. The van der Waals surface area contributed by atoms with Crippen LogP contribution in [0.15, 0.2) is 22.7 Å². The second-order valence-corrected chi connectivity index (χ2v) is 5.08. The summed E-state index contributed by atoms with van der Waals surface area (Å²) in [4.78, 5) is 34.2. The molecule has 0 radical (unpaired) electrons. The third-order valence-corrected chi connectivity index (χ3v) is 3.55. The number of carboxylic acid groups (broad SMARTS) is 1. The summed E-state index contributed by atoms with van der Waals surface area (Å²) in [5.74, 6) is -1.12. The van der Waals surface area contributed by atoms with E-state index in [0.717, 1.165) is 4.90 Å². The molecule has 1 aromatic rings. The first kappa shape index (κ1) is 16.9. The topological polar surface area (TPSA) is 113 Å². The van der Waals surface area contributed by atoms with E-state index in [4.69, 9.17) is 5.11 Å². The van der Waals surface area contributed by atoms with Gasteiger partial charge in [0.05, 0.1) is 10.6 Å². The molecule has 0 saturated heterocycles. The number of non-ortho nitro benzene ring substituents is 1. The van der Waals surface area contributed by atoms with Crippen molar-refractivity contribution in [2.24, 2.45) is 0 Å². The van der Waals surface area contributed by atoms with Crippen LogP contribution in [0.2, 0.25) is 0 Å². The van der Waals surface area contributed by atoms with E-state index in [0.29, 0.717) is 4.47 Å². The first-order valence-electron chi connectivity index (χ1n) is 5.98. The van der Waals surface area contributed by atoms with Gasteiger partial charge in [0.2, 0.25) is 0 Å². The van der Waals surface area contributed by atoms with Crippen molar-refractivity contribution < 1.29 is 19.6 Å². The standard InChI is InChI=1S/C12H14BrN3O5/c1-3-10(11(17)18)15(2)12(19)14-9-6-7(16(20)21)4-5-8(9)13/h4-6,10H,3H2,1-2H3,(H,14,19)(H,17,18). The number of urea groups is 1. The maximum absolute atomic E-state index is 12.0. The number of nitro benzene ring substituents is 1. The van der Waals surface area contributed by atoms with Crippen LogP contribution in [0.1, 0.15) is 13.3 Å². The summed E-state index contributed by atoms with van der Waals surface area (Å²) in [6, 6.07) is 2.28. The lowest BCUT2D eigenvalue weighted by molar-refractivity contribution is -0.384. The number of halogens is 1. The summed E-state index contributed by atoms with van der Waals surface area (Å²) >= 11 is 3.17. The summed E-state index contributed by atoms with van der Waals surface area (Å²) < 4.78 is 0.457. The van der Waals surface area contributed by atoms with Crippen LogP contribution < -0.4 is 5.32 Å². The fourth-order valence-corrected chi connectivity index (χ4v) is 2.03. The molecule has 0 saturated carbocycles. The third kappa shape index (κ3) is 4.15. The molecule has 0 aliphatic rings. The van der Waals surface area contributed by atoms with Crippen molar-refractivity contribution in [3.63, 3.8) is 0 Å². The van der Waals surface area contributed by atoms with Gasteiger partial charge in [-0.2, -0.15) is 0 Å². The molecule has 0 aromatic heterocycles. The van der Waals surface area contributed by atoms with Gasteiger partial charge >= 0.3 is 12.0 Å². The second-order valence-electron chi connectivity index (χ2n) is 4.22. The molecule has 0 fully saturated rings. The minimum atomic E-state index is -1.12. The molecule has 1 aromatic carbocycles. The van der Waals surface area contributed by atoms with E-state index in [9.17, 15) is 19.7 Å². The number of nitrogens with one attached hydrogen (secondary N) is 1. The number of nitrogens with zero attached hydrogens (tertiary/aromatic N) is 2. The zero-order valence-electron chi connectivity index (χ0n) is 11.4. The van der Waals surface area contributed by atoms with Gasteiger partial charge in [-0.3, -0.25) is 10.1 Å². The van der Waals surface area contributed by atoms with Crippen molar-refractivity contribution in [2.75, 3.05) is 12.4 Å². The van der Waals surface area contributed by atoms with Gasteiger partial charge in [0.1, 0.15) is 6.04 Å². The first-order chi connectivity index (χ1) is 9.77. The molecule has 0 spiro atoms. The van der Waals surface area contributed by atoms with Crippen LogP contribution in [0.25, 0.3) is 0 Å². The zero-order valence-corrected chi connectivity index (χ0v) is 13.0. The average molecular weight is 360 g/mol. The number of carboxylic acids is 1. The Hall–Kier alpha value is -2.16. The molecule has 21 heavy (non-hydrogen) atoms. The van der Waals surface area contributed by atoms with Gasteiger partial charge in [0.15, 0.2) is 0 Å². The monoisotopic (exact) mass is 359 g/mol. The van der Waals surface area contributed by atoms with Crippen LogP contribution >= 0.6 is 15.9 Å². The van der Waals surface area contributed by atoms with Crippen molar-refractivity contribution in [2.45, 2.75) is 19.4 Å². The molecule has 2 amide bonds. The number of hydrogen-bond acceptors (Lipinski definition) is 4. The molecular formula is C12H14BrN3O5. The number of rotatable bonds is 5. The number of benzene rings is 1. The first-order valence-corrected chi connectivity index (χ1v) is 6.77. The predicted molar refractivity (Wildman–Crippen MR) is 79.3 cm³/mol. The van der Waals surface area contributed by atoms with Gasteiger partial charge in [-0.15, -0.1) is 0 Å². The SMILES string of the molecule is CCC(C(=O)O)N(C)C(=O)Nc1cc([N+](=O)[O-])ccc1Br. The molecule has 0 aliphatic carbocycles. The number of anilines is 1. The van der Waals surface area contributed by atoms with Gasteiger partial charge in [0, 0.05) is 23.7 Å². The summed E-state index contributed by atoms with van der Waals surface area (Å²) in [5, 5.41) is 22.2. The van der Waals surface area contributed by atoms with Crippen molar-refractivity contribution in [3.8, 4) is 0 Å². The minimum absolute atomic E-state index is 0.179. The summed E-state index contributed by atoms with van der Waals surface area (Å²) in [6.07, 6.45) is 0.245. The molecule has 2 N–H and O–H groups in total. The van der Waals surface area contributed by atoms with Gasteiger partial charge in [0.25, 0.3) is 5.69 Å². The van der Waals surface area contributed by atoms with Crippen molar-refractivity contribution in [3.05, 3.63) is 32.8 Å². The summed E-state index contributed by atoms with van der Waals surface area (Å²) in [6.45, 7) is 1.64. The number of aliphatic carboxylic acids is 1. The largest absolute Gasteiger partial charge is 0.480 e. The number of amides is 2. The normalized spacial score (nSPS) is 11.6. The number of nitro groups is 1. The van der Waals surface area contributed by atoms with Gasteiger partial charge in [-0.1, -0.05) is 6.92 Å². The van der Waals surface area contributed by atoms with Crippen LogP contribution in [-0.2, 0) is 4.79 Å². The Balaban J connectivity index is 2.95. The van der Waals surface area contributed by atoms with E-state index in [2.05, 4.69) is 21.2 Å². The highest BCUT2D eigenvalue weighted by molar-refractivity contribution is 9.10.